The lowest BCUT2D eigenvalue weighted by Crippen LogP contribution is -2.22. The van der Waals surface area contributed by atoms with E-state index >= 15 is 0 Å². The topological polar surface area (TPSA) is 38.3 Å². The molecular weight excluding hydrogens is 214 g/mol. The fourth-order valence-corrected chi connectivity index (χ4v) is 1.98. The molecule has 1 aromatic rings. The van der Waals surface area contributed by atoms with Crippen molar-refractivity contribution >= 4 is 11.6 Å². The van der Waals surface area contributed by atoms with Crippen LogP contribution in [0.25, 0.3) is 0 Å². The van der Waals surface area contributed by atoms with Gasteiger partial charge in [-0.3, -0.25) is 4.79 Å². The molecule has 0 aromatic heterocycles. The number of carbonyl (C=O) groups is 1. The number of nitrogens with one attached hydrogen (secondary N) is 1. The number of anilines is 1. The summed E-state index contributed by atoms with van der Waals surface area (Å²) in [4.78, 5) is 12.0. The molecule has 0 heterocycles. The SMILES string of the molecule is COc1ccc(C)cc1NC(=O)C(C)C1CC1. The predicted octanol–water partition coefficient (Wildman–Crippen LogP) is 2.99. The van der Waals surface area contributed by atoms with Gasteiger partial charge in [0.25, 0.3) is 0 Å². The number of rotatable bonds is 4. The lowest BCUT2D eigenvalue weighted by atomic mass is 10.1. The van der Waals surface area contributed by atoms with Crippen LogP contribution in [0, 0.1) is 18.8 Å². The molecule has 1 fully saturated rings. The first-order chi connectivity index (χ1) is 8.11. The molecule has 2 rings (SSSR count). The third kappa shape index (κ3) is 2.78. The molecule has 1 N–H and O–H groups in total. The van der Waals surface area contributed by atoms with Crippen molar-refractivity contribution in [2.75, 3.05) is 12.4 Å². The molecule has 1 aliphatic rings. The summed E-state index contributed by atoms with van der Waals surface area (Å²) in [7, 11) is 1.62. The molecule has 0 bridgehead atoms. The molecule has 3 heteroatoms. The van der Waals surface area contributed by atoms with Crippen molar-refractivity contribution in [1.82, 2.24) is 0 Å². The number of benzene rings is 1. The van der Waals surface area contributed by atoms with E-state index in [1.807, 2.05) is 32.0 Å². The molecule has 0 saturated heterocycles. The van der Waals surface area contributed by atoms with Crippen LogP contribution in [-0.4, -0.2) is 13.0 Å². The Morgan fingerprint density at radius 1 is 1.47 bits per heavy atom. The standard InChI is InChI=1S/C14H19NO2/c1-9-4-7-13(17-3)12(8-9)15-14(16)10(2)11-5-6-11/h4,7-8,10-11H,5-6H2,1-3H3,(H,15,16). The van der Waals surface area contributed by atoms with Gasteiger partial charge >= 0.3 is 0 Å². The Balaban J connectivity index is 2.11. The molecule has 0 aliphatic heterocycles. The second-order valence-electron chi connectivity index (χ2n) is 4.82. The van der Waals surface area contributed by atoms with Crippen molar-refractivity contribution in [2.24, 2.45) is 11.8 Å². The van der Waals surface area contributed by atoms with Crippen LogP contribution >= 0.6 is 0 Å². The monoisotopic (exact) mass is 233 g/mol. The highest BCUT2D eigenvalue weighted by Gasteiger charge is 2.32. The normalized spacial score (nSPS) is 16.4. The highest BCUT2D eigenvalue weighted by atomic mass is 16.5. The van der Waals surface area contributed by atoms with Crippen molar-refractivity contribution < 1.29 is 9.53 Å². The van der Waals surface area contributed by atoms with Gasteiger partial charge in [-0.1, -0.05) is 13.0 Å². The molecule has 1 atom stereocenters. The Hall–Kier alpha value is -1.51. The summed E-state index contributed by atoms with van der Waals surface area (Å²) in [5.74, 6) is 1.48. The molecular formula is C14H19NO2. The molecule has 1 aliphatic carbocycles. The van der Waals surface area contributed by atoms with Gasteiger partial charge in [0.1, 0.15) is 5.75 Å². The molecule has 0 spiro atoms. The van der Waals surface area contributed by atoms with Crippen LogP contribution in [0.2, 0.25) is 0 Å². The van der Waals surface area contributed by atoms with Gasteiger partial charge in [-0.25, -0.2) is 0 Å². The smallest absolute Gasteiger partial charge is 0.227 e. The largest absolute Gasteiger partial charge is 0.495 e. The first-order valence-electron chi connectivity index (χ1n) is 6.07. The molecule has 1 saturated carbocycles. The van der Waals surface area contributed by atoms with Crippen molar-refractivity contribution in [1.29, 1.82) is 0 Å². The highest BCUT2D eigenvalue weighted by molar-refractivity contribution is 5.94. The zero-order valence-electron chi connectivity index (χ0n) is 10.6. The summed E-state index contributed by atoms with van der Waals surface area (Å²) >= 11 is 0. The van der Waals surface area contributed by atoms with E-state index in [1.165, 1.54) is 12.8 Å². The van der Waals surface area contributed by atoms with E-state index in [1.54, 1.807) is 7.11 Å². The number of methoxy groups -OCH3 is 1. The van der Waals surface area contributed by atoms with Gasteiger partial charge in [0.2, 0.25) is 5.91 Å². The lowest BCUT2D eigenvalue weighted by Gasteiger charge is -2.14. The summed E-state index contributed by atoms with van der Waals surface area (Å²) in [6.45, 7) is 3.99. The zero-order chi connectivity index (χ0) is 12.4. The zero-order valence-corrected chi connectivity index (χ0v) is 10.6. The Labute approximate surface area is 102 Å². The van der Waals surface area contributed by atoms with Crippen molar-refractivity contribution in [3.05, 3.63) is 23.8 Å². The van der Waals surface area contributed by atoms with Gasteiger partial charge in [-0.05, 0) is 43.4 Å². The van der Waals surface area contributed by atoms with Crippen LogP contribution in [0.4, 0.5) is 5.69 Å². The lowest BCUT2D eigenvalue weighted by molar-refractivity contribution is -0.119. The van der Waals surface area contributed by atoms with E-state index in [2.05, 4.69) is 5.32 Å². The molecule has 0 radical (unpaired) electrons. The third-order valence-electron chi connectivity index (χ3n) is 3.36. The fraction of sp³-hybridized carbons (Fsp3) is 0.500. The first kappa shape index (κ1) is 12.0. The third-order valence-corrected chi connectivity index (χ3v) is 3.36. The minimum absolute atomic E-state index is 0.0939. The number of amides is 1. The Bertz CT molecular complexity index is 424. The Kier molecular flexibility index (Phi) is 3.36. The average molecular weight is 233 g/mol. The van der Waals surface area contributed by atoms with Gasteiger partial charge in [0.15, 0.2) is 0 Å². The number of hydrogen-bond donors (Lipinski definition) is 1. The van der Waals surface area contributed by atoms with Crippen LogP contribution < -0.4 is 10.1 Å². The maximum Gasteiger partial charge on any atom is 0.227 e. The molecule has 3 nitrogen and oxygen atoms in total. The van der Waals surface area contributed by atoms with E-state index in [9.17, 15) is 4.79 Å². The molecule has 1 amide bonds. The quantitative estimate of drug-likeness (QED) is 0.868. The Morgan fingerprint density at radius 2 is 2.18 bits per heavy atom. The summed E-state index contributed by atoms with van der Waals surface area (Å²) < 4.78 is 5.24. The molecule has 1 unspecified atom stereocenters. The van der Waals surface area contributed by atoms with Gasteiger partial charge in [0.05, 0.1) is 12.8 Å². The number of carbonyl (C=O) groups excluding carboxylic acids is 1. The highest BCUT2D eigenvalue weighted by Crippen LogP contribution is 2.37. The Morgan fingerprint density at radius 3 is 2.76 bits per heavy atom. The van der Waals surface area contributed by atoms with Crippen LogP contribution in [0.1, 0.15) is 25.3 Å². The van der Waals surface area contributed by atoms with Crippen molar-refractivity contribution in [3.63, 3.8) is 0 Å². The summed E-state index contributed by atoms with van der Waals surface area (Å²) in [6.07, 6.45) is 2.36. The minimum Gasteiger partial charge on any atom is -0.495 e. The number of hydrogen-bond acceptors (Lipinski definition) is 2. The summed E-state index contributed by atoms with van der Waals surface area (Å²) in [5.41, 5.74) is 1.88. The predicted molar refractivity (Wildman–Crippen MR) is 68.2 cm³/mol. The van der Waals surface area contributed by atoms with E-state index in [4.69, 9.17) is 4.74 Å². The second kappa shape index (κ2) is 4.78. The maximum absolute atomic E-state index is 12.0. The molecule has 1 aromatic carbocycles. The van der Waals surface area contributed by atoms with Crippen LogP contribution in [0.3, 0.4) is 0 Å². The van der Waals surface area contributed by atoms with Crippen LogP contribution in [0.15, 0.2) is 18.2 Å². The fourth-order valence-electron chi connectivity index (χ4n) is 1.98. The van der Waals surface area contributed by atoms with Gasteiger partial charge in [-0.2, -0.15) is 0 Å². The van der Waals surface area contributed by atoms with E-state index in [0.29, 0.717) is 11.7 Å². The van der Waals surface area contributed by atoms with E-state index in [-0.39, 0.29) is 11.8 Å². The summed E-state index contributed by atoms with van der Waals surface area (Å²) in [5, 5.41) is 2.96. The first-order valence-corrected chi connectivity index (χ1v) is 6.07. The van der Waals surface area contributed by atoms with E-state index in [0.717, 1.165) is 11.3 Å². The second-order valence-corrected chi connectivity index (χ2v) is 4.82. The van der Waals surface area contributed by atoms with Gasteiger partial charge < -0.3 is 10.1 Å². The van der Waals surface area contributed by atoms with Crippen molar-refractivity contribution in [2.45, 2.75) is 26.7 Å². The maximum atomic E-state index is 12.0. The molecule has 92 valence electrons. The van der Waals surface area contributed by atoms with Crippen LogP contribution in [-0.2, 0) is 4.79 Å². The van der Waals surface area contributed by atoms with Crippen molar-refractivity contribution in [3.8, 4) is 5.75 Å². The van der Waals surface area contributed by atoms with E-state index < -0.39 is 0 Å². The van der Waals surface area contributed by atoms with Crippen LogP contribution in [0.5, 0.6) is 5.75 Å². The number of aryl methyl sites for hydroxylation is 1. The minimum atomic E-state index is 0.0939. The number of ether oxygens (including phenoxy) is 1. The molecule has 17 heavy (non-hydrogen) atoms. The average Bonchev–Trinajstić information content (AvgIpc) is 3.12. The van der Waals surface area contributed by atoms with Gasteiger partial charge in [0, 0.05) is 5.92 Å². The summed E-state index contributed by atoms with van der Waals surface area (Å²) in [6, 6.07) is 5.79. The van der Waals surface area contributed by atoms with Gasteiger partial charge in [-0.15, -0.1) is 0 Å².